The summed E-state index contributed by atoms with van der Waals surface area (Å²) in [7, 11) is 0. The Kier molecular flexibility index (Phi) is 3.35. The van der Waals surface area contributed by atoms with E-state index in [1.54, 1.807) is 17.4 Å². The lowest BCUT2D eigenvalue weighted by Gasteiger charge is -2.07. The Labute approximate surface area is 120 Å². The van der Waals surface area contributed by atoms with Gasteiger partial charge in [0, 0.05) is 10.3 Å². The second-order valence-corrected chi connectivity index (χ2v) is 5.73. The Morgan fingerprint density at radius 1 is 1.37 bits per heavy atom. The van der Waals surface area contributed by atoms with E-state index in [0.717, 1.165) is 22.2 Å². The van der Waals surface area contributed by atoms with Gasteiger partial charge in [0.1, 0.15) is 11.9 Å². The van der Waals surface area contributed by atoms with E-state index in [-0.39, 0.29) is 0 Å². The van der Waals surface area contributed by atoms with Crippen LogP contribution in [0.5, 0.6) is 0 Å². The van der Waals surface area contributed by atoms with Crippen molar-refractivity contribution in [2.24, 2.45) is 0 Å². The molecule has 1 unspecified atom stereocenters. The van der Waals surface area contributed by atoms with Crippen LogP contribution in [0.4, 0.5) is 0 Å². The van der Waals surface area contributed by atoms with Crippen LogP contribution in [0.25, 0.3) is 11.0 Å². The minimum absolute atomic E-state index is 0.542. The number of rotatable bonds is 3. The van der Waals surface area contributed by atoms with E-state index in [0.29, 0.717) is 16.4 Å². The van der Waals surface area contributed by atoms with Crippen LogP contribution in [0.2, 0.25) is 5.02 Å². The van der Waals surface area contributed by atoms with Crippen molar-refractivity contribution in [1.29, 1.82) is 0 Å². The molecule has 0 aliphatic heterocycles. The highest BCUT2D eigenvalue weighted by atomic mass is 35.5. The molecule has 0 aliphatic carbocycles. The predicted molar refractivity (Wildman–Crippen MR) is 79.0 cm³/mol. The zero-order valence-corrected chi connectivity index (χ0v) is 12.0. The molecule has 2 nitrogen and oxygen atoms in total. The third-order valence-electron chi connectivity index (χ3n) is 3.19. The molecule has 0 fully saturated rings. The Morgan fingerprint density at radius 2 is 2.21 bits per heavy atom. The van der Waals surface area contributed by atoms with Crippen LogP contribution in [0.3, 0.4) is 0 Å². The molecule has 98 valence electrons. The molecule has 0 spiro atoms. The van der Waals surface area contributed by atoms with Crippen molar-refractivity contribution in [3.63, 3.8) is 0 Å². The van der Waals surface area contributed by atoms with Crippen LogP contribution in [-0.2, 0) is 6.42 Å². The summed E-state index contributed by atoms with van der Waals surface area (Å²) < 4.78 is 5.71. The molecule has 0 aliphatic rings. The highest BCUT2D eigenvalue weighted by Gasteiger charge is 2.20. The number of hydrogen-bond donors (Lipinski definition) is 1. The number of aliphatic hydroxyl groups excluding tert-OH is 1. The molecule has 3 aromatic rings. The molecule has 2 heterocycles. The van der Waals surface area contributed by atoms with E-state index >= 15 is 0 Å². The molecule has 1 aromatic carbocycles. The molecule has 0 amide bonds. The average Bonchev–Trinajstić information content (AvgIpc) is 3.04. The van der Waals surface area contributed by atoms with Crippen LogP contribution in [0.15, 0.2) is 40.1 Å². The van der Waals surface area contributed by atoms with Gasteiger partial charge < -0.3 is 9.52 Å². The fourth-order valence-corrected chi connectivity index (χ4v) is 3.40. The summed E-state index contributed by atoms with van der Waals surface area (Å²) in [5.74, 6) is 0.542. The van der Waals surface area contributed by atoms with Crippen molar-refractivity contribution >= 4 is 33.9 Å². The van der Waals surface area contributed by atoms with Gasteiger partial charge in [-0.2, -0.15) is 0 Å². The minimum Gasteiger partial charge on any atom is -0.456 e. The fraction of sp³-hybridized carbons (Fsp3) is 0.200. The summed E-state index contributed by atoms with van der Waals surface area (Å²) in [5, 5.41) is 13.9. The minimum atomic E-state index is -0.724. The van der Waals surface area contributed by atoms with E-state index < -0.39 is 6.10 Å². The molecule has 0 saturated carbocycles. The smallest absolute Gasteiger partial charge is 0.153 e. The summed E-state index contributed by atoms with van der Waals surface area (Å²) >= 11 is 7.63. The Balaban J connectivity index is 2.07. The van der Waals surface area contributed by atoms with Crippen molar-refractivity contribution < 1.29 is 9.52 Å². The molecule has 0 bridgehead atoms. The first-order chi connectivity index (χ1) is 9.20. The standard InChI is InChI=1S/C15H13ClO2S/c1-2-9-6-7-19-15(9)13(17)12-8-10-4-3-5-11(16)14(10)18-12/h3-8,13,17H,2H2,1H3. The Morgan fingerprint density at radius 3 is 2.95 bits per heavy atom. The number of hydrogen-bond acceptors (Lipinski definition) is 3. The maximum atomic E-state index is 10.5. The monoisotopic (exact) mass is 292 g/mol. The number of thiophene rings is 1. The zero-order valence-electron chi connectivity index (χ0n) is 10.4. The molecule has 3 rings (SSSR count). The summed E-state index contributed by atoms with van der Waals surface area (Å²) in [6.07, 6.45) is 0.176. The van der Waals surface area contributed by atoms with Gasteiger partial charge >= 0.3 is 0 Å². The zero-order chi connectivity index (χ0) is 13.4. The lowest BCUT2D eigenvalue weighted by Crippen LogP contribution is -1.98. The topological polar surface area (TPSA) is 33.4 Å². The van der Waals surface area contributed by atoms with E-state index in [1.165, 1.54) is 0 Å². The summed E-state index contributed by atoms with van der Waals surface area (Å²) in [5.41, 5.74) is 1.79. The molecule has 2 aromatic heterocycles. The van der Waals surface area contributed by atoms with Crippen LogP contribution < -0.4 is 0 Å². The average molecular weight is 293 g/mol. The summed E-state index contributed by atoms with van der Waals surface area (Å²) in [4.78, 5) is 0.942. The maximum absolute atomic E-state index is 10.5. The quantitative estimate of drug-likeness (QED) is 0.753. The van der Waals surface area contributed by atoms with E-state index in [1.807, 2.05) is 29.6 Å². The first-order valence-electron chi connectivity index (χ1n) is 6.13. The first kappa shape index (κ1) is 12.7. The number of halogens is 1. The van der Waals surface area contributed by atoms with Crippen molar-refractivity contribution in [3.05, 3.63) is 56.9 Å². The number of para-hydroxylation sites is 1. The molecule has 0 radical (unpaired) electrons. The van der Waals surface area contributed by atoms with Gasteiger partial charge in [0.2, 0.25) is 0 Å². The van der Waals surface area contributed by atoms with Gasteiger partial charge in [0.05, 0.1) is 5.02 Å². The Hall–Kier alpha value is -1.29. The van der Waals surface area contributed by atoms with Crippen molar-refractivity contribution in [3.8, 4) is 0 Å². The van der Waals surface area contributed by atoms with Crippen LogP contribution in [-0.4, -0.2) is 5.11 Å². The Bertz CT molecular complexity index is 714. The second kappa shape index (κ2) is 5.00. The largest absolute Gasteiger partial charge is 0.456 e. The van der Waals surface area contributed by atoms with Crippen LogP contribution in [0.1, 0.15) is 29.2 Å². The van der Waals surface area contributed by atoms with Gasteiger partial charge in [-0.3, -0.25) is 0 Å². The predicted octanol–water partition coefficient (Wildman–Crippen LogP) is 4.79. The lowest BCUT2D eigenvalue weighted by molar-refractivity contribution is 0.195. The number of furan rings is 1. The van der Waals surface area contributed by atoms with Gasteiger partial charge in [-0.05, 0) is 35.6 Å². The van der Waals surface area contributed by atoms with Crippen molar-refractivity contribution in [1.82, 2.24) is 0 Å². The van der Waals surface area contributed by atoms with Crippen LogP contribution in [0, 0.1) is 0 Å². The molecule has 4 heteroatoms. The van der Waals surface area contributed by atoms with Crippen LogP contribution >= 0.6 is 22.9 Å². The molecular weight excluding hydrogens is 280 g/mol. The third-order valence-corrected chi connectivity index (χ3v) is 4.50. The molecule has 19 heavy (non-hydrogen) atoms. The maximum Gasteiger partial charge on any atom is 0.153 e. The lowest BCUT2D eigenvalue weighted by atomic mass is 10.1. The summed E-state index contributed by atoms with van der Waals surface area (Å²) in [6.45, 7) is 2.08. The normalized spacial score (nSPS) is 13.0. The van der Waals surface area contributed by atoms with Gasteiger partial charge in [-0.15, -0.1) is 11.3 Å². The molecular formula is C15H13ClO2S. The third kappa shape index (κ3) is 2.18. The van der Waals surface area contributed by atoms with Gasteiger partial charge in [0.25, 0.3) is 0 Å². The highest BCUT2D eigenvalue weighted by molar-refractivity contribution is 7.10. The van der Waals surface area contributed by atoms with E-state index in [9.17, 15) is 5.11 Å². The highest BCUT2D eigenvalue weighted by Crippen LogP contribution is 2.35. The number of fused-ring (bicyclic) bond motifs is 1. The summed E-state index contributed by atoms with van der Waals surface area (Å²) in [6, 6.07) is 9.48. The van der Waals surface area contributed by atoms with Gasteiger partial charge in [-0.25, -0.2) is 0 Å². The van der Waals surface area contributed by atoms with E-state index in [2.05, 4.69) is 6.92 Å². The van der Waals surface area contributed by atoms with Crippen molar-refractivity contribution in [2.75, 3.05) is 0 Å². The molecule has 1 atom stereocenters. The number of aryl methyl sites for hydroxylation is 1. The first-order valence-corrected chi connectivity index (χ1v) is 7.38. The molecule has 0 saturated heterocycles. The number of aliphatic hydroxyl groups is 1. The van der Waals surface area contributed by atoms with Gasteiger partial charge in [-0.1, -0.05) is 30.7 Å². The molecule has 1 N–H and O–H groups in total. The van der Waals surface area contributed by atoms with E-state index in [4.69, 9.17) is 16.0 Å². The number of benzene rings is 1. The second-order valence-electron chi connectivity index (χ2n) is 4.37. The van der Waals surface area contributed by atoms with Crippen molar-refractivity contribution in [2.45, 2.75) is 19.4 Å². The fourth-order valence-electron chi connectivity index (χ4n) is 2.19. The van der Waals surface area contributed by atoms with Gasteiger partial charge in [0.15, 0.2) is 5.58 Å². The SMILES string of the molecule is CCc1ccsc1C(O)c1cc2cccc(Cl)c2o1.